The minimum atomic E-state index is 0.407. The average Bonchev–Trinajstić information content (AvgIpc) is 2.98. The Bertz CT molecular complexity index is 910. The SMILES string of the molecule is CN=C(NCc1nc2ccccc2n1C)NCC(C)c1cccc(C)c1. The van der Waals surface area contributed by atoms with Gasteiger partial charge in [-0.2, -0.15) is 0 Å². The van der Waals surface area contributed by atoms with Crippen LogP contribution in [0.3, 0.4) is 0 Å². The maximum Gasteiger partial charge on any atom is 0.191 e. The maximum atomic E-state index is 4.69. The van der Waals surface area contributed by atoms with Crippen LogP contribution in [0.1, 0.15) is 29.8 Å². The Labute approximate surface area is 155 Å². The molecule has 0 saturated carbocycles. The molecule has 3 aromatic rings. The second kappa shape index (κ2) is 8.04. The third-order valence-electron chi connectivity index (χ3n) is 4.70. The van der Waals surface area contributed by atoms with Crippen molar-refractivity contribution in [3.05, 3.63) is 65.5 Å². The quantitative estimate of drug-likeness (QED) is 0.549. The third kappa shape index (κ3) is 4.04. The van der Waals surface area contributed by atoms with E-state index >= 15 is 0 Å². The van der Waals surface area contributed by atoms with Crippen molar-refractivity contribution < 1.29 is 0 Å². The molecule has 26 heavy (non-hydrogen) atoms. The van der Waals surface area contributed by atoms with Crippen molar-refractivity contribution in [2.45, 2.75) is 26.3 Å². The van der Waals surface area contributed by atoms with Crippen LogP contribution in [0.25, 0.3) is 11.0 Å². The zero-order valence-corrected chi connectivity index (χ0v) is 16.0. The van der Waals surface area contributed by atoms with Gasteiger partial charge < -0.3 is 15.2 Å². The molecule has 0 aliphatic heterocycles. The lowest BCUT2D eigenvalue weighted by molar-refractivity contribution is 0.686. The summed E-state index contributed by atoms with van der Waals surface area (Å²) in [7, 11) is 3.84. The van der Waals surface area contributed by atoms with Gasteiger partial charge in [0, 0.05) is 20.6 Å². The van der Waals surface area contributed by atoms with Crippen LogP contribution in [0.2, 0.25) is 0 Å². The lowest BCUT2D eigenvalue weighted by Gasteiger charge is -2.16. The average molecular weight is 349 g/mol. The molecule has 1 atom stereocenters. The number of hydrogen-bond acceptors (Lipinski definition) is 2. The van der Waals surface area contributed by atoms with Crippen molar-refractivity contribution in [2.24, 2.45) is 12.0 Å². The summed E-state index contributed by atoms with van der Waals surface area (Å²) in [6.07, 6.45) is 0. The van der Waals surface area contributed by atoms with Gasteiger partial charge in [-0.3, -0.25) is 4.99 Å². The molecular formula is C21H27N5. The van der Waals surface area contributed by atoms with Crippen LogP contribution in [0.15, 0.2) is 53.5 Å². The molecule has 0 aliphatic carbocycles. The normalized spacial score (nSPS) is 13.0. The molecule has 5 nitrogen and oxygen atoms in total. The van der Waals surface area contributed by atoms with Crippen molar-refractivity contribution in [3.8, 4) is 0 Å². The Morgan fingerprint density at radius 3 is 2.69 bits per heavy atom. The molecule has 3 rings (SSSR count). The number of aliphatic imine (C=N–C) groups is 1. The van der Waals surface area contributed by atoms with E-state index in [0.717, 1.165) is 29.4 Å². The summed E-state index contributed by atoms with van der Waals surface area (Å²) in [5.74, 6) is 2.18. The summed E-state index contributed by atoms with van der Waals surface area (Å²) in [6.45, 7) is 5.80. The van der Waals surface area contributed by atoms with E-state index in [1.807, 2.05) is 25.2 Å². The zero-order chi connectivity index (χ0) is 18.5. The number of guanidine groups is 1. The number of aromatic nitrogens is 2. The van der Waals surface area contributed by atoms with Crippen LogP contribution < -0.4 is 10.6 Å². The Morgan fingerprint density at radius 2 is 1.96 bits per heavy atom. The first-order valence-corrected chi connectivity index (χ1v) is 9.00. The molecule has 0 radical (unpaired) electrons. The van der Waals surface area contributed by atoms with E-state index in [0.29, 0.717) is 12.5 Å². The monoisotopic (exact) mass is 349 g/mol. The van der Waals surface area contributed by atoms with Gasteiger partial charge in [-0.1, -0.05) is 48.9 Å². The highest BCUT2D eigenvalue weighted by molar-refractivity contribution is 5.80. The van der Waals surface area contributed by atoms with Gasteiger partial charge in [0.15, 0.2) is 5.96 Å². The number of benzene rings is 2. The van der Waals surface area contributed by atoms with Crippen molar-refractivity contribution in [3.63, 3.8) is 0 Å². The first kappa shape index (κ1) is 18.0. The molecule has 0 saturated heterocycles. The van der Waals surface area contributed by atoms with Gasteiger partial charge in [0.05, 0.1) is 17.6 Å². The molecule has 0 fully saturated rings. The van der Waals surface area contributed by atoms with Crippen LogP contribution in [0.4, 0.5) is 0 Å². The number of nitrogens with one attached hydrogen (secondary N) is 2. The van der Waals surface area contributed by atoms with Crippen LogP contribution in [-0.2, 0) is 13.6 Å². The van der Waals surface area contributed by atoms with E-state index in [1.165, 1.54) is 11.1 Å². The van der Waals surface area contributed by atoms with Gasteiger partial charge in [-0.25, -0.2) is 4.98 Å². The summed E-state index contributed by atoms with van der Waals surface area (Å²) in [5.41, 5.74) is 4.78. The van der Waals surface area contributed by atoms with Gasteiger partial charge >= 0.3 is 0 Å². The standard InChI is InChI=1S/C21H27N5/c1-15-8-7-9-17(12-15)16(2)13-23-21(22-3)24-14-20-25-18-10-5-6-11-19(18)26(20)4/h5-12,16H,13-14H2,1-4H3,(H2,22,23,24). The molecule has 136 valence electrons. The molecule has 0 amide bonds. The lowest BCUT2D eigenvalue weighted by atomic mass is 9.99. The number of nitrogens with zero attached hydrogens (tertiary/aromatic N) is 3. The second-order valence-corrected chi connectivity index (χ2v) is 6.70. The molecule has 5 heteroatoms. The predicted molar refractivity (Wildman–Crippen MR) is 109 cm³/mol. The Kier molecular flexibility index (Phi) is 5.56. The molecular weight excluding hydrogens is 322 g/mol. The highest BCUT2D eigenvalue weighted by Gasteiger charge is 2.09. The van der Waals surface area contributed by atoms with E-state index < -0.39 is 0 Å². The number of imidazole rings is 1. The van der Waals surface area contributed by atoms with Crippen LogP contribution in [-0.4, -0.2) is 29.1 Å². The minimum absolute atomic E-state index is 0.407. The summed E-state index contributed by atoms with van der Waals surface area (Å²) in [6, 6.07) is 16.8. The number of fused-ring (bicyclic) bond motifs is 1. The Balaban J connectivity index is 1.58. The number of hydrogen-bond donors (Lipinski definition) is 2. The van der Waals surface area contributed by atoms with Crippen LogP contribution in [0, 0.1) is 6.92 Å². The fourth-order valence-electron chi connectivity index (χ4n) is 3.08. The zero-order valence-electron chi connectivity index (χ0n) is 16.0. The van der Waals surface area contributed by atoms with Gasteiger partial charge in [0.1, 0.15) is 5.82 Å². The smallest absolute Gasteiger partial charge is 0.191 e. The summed E-state index contributed by atoms with van der Waals surface area (Å²) in [4.78, 5) is 9.02. The number of rotatable bonds is 5. The van der Waals surface area contributed by atoms with Gasteiger partial charge in [0.2, 0.25) is 0 Å². The van der Waals surface area contributed by atoms with Crippen molar-refractivity contribution in [1.82, 2.24) is 20.2 Å². The maximum absolute atomic E-state index is 4.69. The fraction of sp³-hybridized carbons (Fsp3) is 0.333. The molecule has 2 N–H and O–H groups in total. The molecule has 1 unspecified atom stereocenters. The predicted octanol–water partition coefficient (Wildman–Crippen LogP) is 3.35. The van der Waals surface area contributed by atoms with E-state index in [4.69, 9.17) is 0 Å². The topological polar surface area (TPSA) is 54.2 Å². The fourth-order valence-corrected chi connectivity index (χ4v) is 3.08. The molecule has 2 aromatic carbocycles. The van der Waals surface area contributed by atoms with Crippen LogP contribution >= 0.6 is 0 Å². The van der Waals surface area contributed by atoms with Crippen molar-refractivity contribution >= 4 is 17.0 Å². The van der Waals surface area contributed by atoms with E-state index in [1.54, 1.807) is 7.05 Å². The summed E-state index contributed by atoms with van der Waals surface area (Å²) >= 11 is 0. The Hall–Kier alpha value is -2.82. The highest BCUT2D eigenvalue weighted by atomic mass is 15.2. The summed E-state index contributed by atoms with van der Waals surface area (Å²) < 4.78 is 2.12. The molecule has 0 spiro atoms. The van der Waals surface area contributed by atoms with Crippen LogP contribution in [0.5, 0.6) is 0 Å². The van der Waals surface area contributed by atoms with Gasteiger partial charge in [-0.05, 0) is 30.5 Å². The van der Waals surface area contributed by atoms with Crippen molar-refractivity contribution in [1.29, 1.82) is 0 Å². The molecule has 0 bridgehead atoms. The molecule has 1 heterocycles. The molecule has 1 aromatic heterocycles. The summed E-state index contributed by atoms with van der Waals surface area (Å²) in [5, 5.41) is 6.77. The minimum Gasteiger partial charge on any atom is -0.356 e. The van der Waals surface area contributed by atoms with Crippen molar-refractivity contribution in [2.75, 3.05) is 13.6 Å². The number of aryl methyl sites for hydroxylation is 2. The van der Waals surface area contributed by atoms with Gasteiger partial charge in [0.25, 0.3) is 0 Å². The second-order valence-electron chi connectivity index (χ2n) is 6.70. The molecule has 0 aliphatic rings. The largest absolute Gasteiger partial charge is 0.356 e. The first-order valence-electron chi connectivity index (χ1n) is 9.00. The third-order valence-corrected chi connectivity index (χ3v) is 4.70. The lowest BCUT2D eigenvalue weighted by Crippen LogP contribution is -2.39. The highest BCUT2D eigenvalue weighted by Crippen LogP contribution is 2.16. The van der Waals surface area contributed by atoms with E-state index in [2.05, 4.69) is 69.4 Å². The van der Waals surface area contributed by atoms with E-state index in [9.17, 15) is 0 Å². The van der Waals surface area contributed by atoms with E-state index in [-0.39, 0.29) is 0 Å². The first-order chi connectivity index (χ1) is 12.6. The Morgan fingerprint density at radius 1 is 1.15 bits per heavy atom. The number of para-hydroxylation sites is 2. The van der Waals surface area contributed by atoms with Gasteiger partial charge in [-0.15, -0.1) is 0 Å².